The summed E-state index contributed by atoms with van der Waals surface area (Å²) in [5.41, 5.74) is 5.57. The van der Waals surface area contributed by atoms with Crippen LogP contribution in [0.15, 0.2) is 47.0 Å². The van der Waals surface area contributed by atoms with Crippen molar-refractivity contribution in [2.75, 3.05) is 12.4 Å². The van der Waals surface area contributed by atoms with Gasteiger partial charge in [0, 0.05) is 34.6 Å². The van der Waals surface area contributed by atoms with Crippen molar-refractivity contribution in [2.45, 2.75) is 26.7 Å². The molecule has 0 fully saturated rings. The first kappa shape index (κ1) is 20.5. The first-order valence-corrected chi connectivity index (χ1v) is 10.5. The SMILES string of the molecule is COc1cc2c(cc1NC(=O)CCc1c(C)nc3c(C#N)cnn3c1C)oc1ccccc12. The van der Waals surface area contributed by atoms with Crippen LogP contribution in [0.5, 0.6) is 5.75 Å². The molecule has 0 unspecified atom stereocenters. The monoisotopic (exact) mass is 439 g/mol. The molecule has 1 N–H and O–H groups in total. The quantitative estimate of drug-likeness (QED) is 0.426. The van der Waals surface area contributed by atoms with Crippen LogP contribution in [0.2, 0.25) is 0 Å². The average Bonchev–Trinajstić information content (AvgIpc) is 3.38. The van der Waals surface area contributed by atoms with Gasteiger partial charge in [-0.2, -0.15) is 10.4 Å². The standard InChI is InChI=1S/C25H21N5O3/c1-14-17(15(2)30-25(28-14)16(12-26)13-27-30)8-9-24(31)29-20-11-22-19(10-23(20)32-3)18-6-4-5-7-21(18)33-22/h4-7,10-11,13H,8-9H2,1-3H3,(H,29,31). The van der Waals surface area contributed by atoms with Crippen molar-refractivity contribution in [3.63, 3.8) is 0 Å². The molecule has 8 nitrogen and oxygen atoms in total. The summed E-state index contributed by atoms with van der Waals surface area (Å²) in [6.45, 7) is 3.80. The molecule has 5 rings (SSSR count). The molecule has 33 heavy (non-hydrogen) atoms. The number of rotatable bonds is 5. The Kier molecular flexibility index (Phi) is 4.94. The molecular formula is C25H21N5O3. The van der Waals surface area contributed by atoms with Gasteiger partial charge in [-0.05, 0) is 38.0 Å². The number of aromatic nitrogens is 3. The van der Waals surface area contributed by atoms with E-state index in [1.54, 1.807) is 17.7 Å². The molecule has 0 aliphatic rings. The number of para-hydroxylation sites is 1. The van der Waals surface area contributed by atoms with Gasteiger partial charge in [-0.15, -0.1) is 0 Å². The van der Waals surface area contributed by atoms with E-state index in [1.807, 2.05) is 44.2 Å². The van der Waals surface area contributed by atoms with Gasteiger partial charge < -0.3 is 14.5 Å². The first-order chi connectivity index (χ1) is 16.0. The number of benzene rings is 2. The summed E-state index contributed by atoms with van der Waals surface area (Å²) in [6.07, 6.45) is 2.25. The fraction of sp³-hybridized carbons (Fsp3) is 0.200. The van der Waals surface area contributed by atoms with Gasteiger partial charge >= 0.3 is 0 Å². The molecule has 0 saturated heterocycles. The molecule has 5 aromatic rings. The lowest BCUT2D eigenvalue weighted by Crippen LogP contribution is -2.15. The van der Waals surface area contributed by atoms with Crippen LogP contribution in [-0.4, -0.2) is 27.6 Å². The zero-order chi connectivity index (χ0) is 23.1. The molecule has 0 bridgehead atoms. The number of nitrogens with one attached hydrogen (secondary N) is 1. The lowest BCUT2D eigenvalue weighted by molar-refractivity contribution is -0.116. The Morgan fingerprint density at radius 1 is 1.21 bits per heavy atom. The summed E-state index contributed by atoms with van der Waals surface area (Å²) in [5, 5.41) is 18.4. The van der Waals surface area contributed by atoms with Gasteiger partial charge in [-0.1, -0.05) is 18.2 Å². The van der Waals surface area contributed by atoms with Crippen LogP contribution in [0, 0.1) is 25.2 Å². The third-order valence-electron chi connectivity index (χ3n) is 5.90. The summed E-state index contributed by atoms with van der Waals surface area (Å²) < 4.78 is 13.1. The lowest BCUT2D eigenvalue weighted by Gasteiger charge is -2.13. The topological polar surface area (TPSA) is 105 Å². The molecule has 8 heteroatoms. The van der Waals surface area contributed by atoms with Crippen LogP contribution in [0.3, 0.4) is 0 Å². The molecule has 3 heterocycles. The Balaban J connectivity index is 1.39. The van der Waals surface area contributed by atoms with Crippen LogP contribution in [0.25, 0.3) is 27.6 Å². The van der Waals surface area contributed by atoms with Gasteiger partial charge in [0.2, 0.25) is 5.91 Å². The summed E-state index contributed by atoms with van der Waals surface area (Å²) in [5.74, 6) is 0.416. The Morgan fingerprint density at radius 3 is 2.82 bits per heavy atom. The minimum atomic E-state index is -0.152. The van der Waals surface area contributed by atoms with E-state index >= 15 is 0 Å². The second kappa shape index (κ2) is 7.95. The van der Waals surface area contributed by atoms with Crippen LogP contribution < -0.4 is 10.1 Å². The summed E-state index contributed by atoms with van der Waals surface area (Å²) in [7, 11) is 1.58. The van der Waals surface area contributed by atoms with E-state index in [4.69, 9.17) is 9.15 Å². The maximum atomic E-state index is 12.8. The fourth-order valence-electron chi connectivity index (χ4n) is 4.22. The number of hydrogen-bond acceptors (Lipinski definition) is 6. The molecule has 164 valence electrons. The molecule has 0 saturated carbocycles. The number of nitriles is 1. The number of aryl methyl sites for hydroxylation is 2. The van der Waals surface area contributed by atoms with E-state index in [1.165, 1.54) is 6.20 Å². The number of ether oxygens (including phenoxy) is 1. The Labute approximate surface area is 189 Å². The Bertz CT molecular complexity index is 1590. The number of furan rings is 1. The molecule has 0 atom stereocenters. The van der Waals surface area contributed by atoms with Crippen LogP contribution in [-0.2, 0) is 11.2 Å². The molecule has 0 spiro atoms. The third kappa shape index (κ3) is 3.44. The van der Waals surface area contributed by atoms with E-state index in [-0.39, 0.29) is 12.3 Å². The highest BCUT2D eigenvalue weighted by molar-refractivity contribution is 6.07. The Morgan fingerprint density at radius 2 is 2.03 bits per heavy atom. The largest absolute Gasteiger partial charge is 0.495 e. The number of fused-ring (bicyclic) bond motifs is 4. The first-order valence-electron chi connectivity index (χ1n) is 10.5. The molecule has 3 aromatic heterocycles. The van der Waals surface area contributed by atoms with Crippen molar-refractivity contribution in [3.8, 4) is 11.8 Å². The van der Waals surface area contributed by atoms with Gasteiger partial charge in [0.1, 0.15) is 28.5 Å². The number of methoxy groups -OCH3 is 1. The van der Waals surface area contributed by atoms with Gasteiger partial charge in [-0.3, -0.25) is 4.79 Å². The number of carbonyl (C=O) groups excluding carboxylic acids is 1. The molecule has 0 aliphatic carbocycles. The van der Waals surface area contributed by atoms with Gasteiger partial charge in [0.05, 0.1) is 19.0 Å². The van der Waals surface area contributed by atoms with Crippen LogP contribution in [0.4, 0.5) is 5.69 Å². The molecular weight excluding hydrogens is 418 g/mol. The smallest absolute Gasteiger partial charge is 0.224 e. The number of amides is 1. The summed E-state index contributed by atoms with van der Waals surface area (Å²) in [6, 6.07) is 13.6. The number of nitrogens with zero attached hydrogens (tertiary/aromatic N) is 4. The Hall–Kier alpha value is -4.38. The normalized spacial score (nSPS) is 11.2. The molecule has 0 aliphatic heterocycles. The number of hydrogen-bond donors (Lipinski definition) is 1. The highest BCUT2D eigenvalue weighted by Crippen LogP contribution is 2.36. The number of carbonyl (C=O) groups is 1. The van der Waals surface area contributed by atoms with E-state index in [9.17, 15) is 10.1 Å². The summed E-state index contributed by atoms with van der Waals surface area (Å²) in [4.78, 5) is 17.3. The van der Waals surface area contributed by atoms with Crippen molar-refractivity contribution in [1.82, 2.24) is 14.6 Å². The number of anilines is 1. The van der Waals surface area contributed by atoms with Crippen molar-refractivity contribution in [2.24, 2.45) is 0 Å². The van der Waals surface area contributed by atoms with Gasteiger partial charge in [0.15, 0.2) is 5.65 Å². The predicted molar refractivity (Wildman–Crippen MR) is 124 cm³/mol. The van der Waals surface area contributed by atoms with Crippen LogP contribution >= 0.6 is 0 Å². The lowest BCUT2D eigenvalue weighted by atomic mass is 10.1. The van der Waals surface area contributed by atoms with Crippen molar-refractivity contribution in [3.05, 3.63) is 65.1 Å². The summed E-state index contributed by atoms with van der Waals surface area (Å²) >= 11 is 0. The van der Waals surface area contributed by atoms with Gasteiger partial charge in [-0.25, -0.2) is 9.50 Å². The fourth-order valence-corrected chi connectivity index (χ4v) is 4.22. The zero-order valence-corrected chi connectivity index (χ0v) is 18.5. The maximum absolute atomic E-state index is 12.8. The molecule has 2 aromatic carbocycles. The second-order valence-electron chi connectivity index (χ2n) is 7.86. The maximum Gasteiger partial charge on any atom is 0.224 e. The minimum Gasteiger partial charge on any atom is -0.495 e. The average molecular weight is 439 g/mol. The van der Waals surface area contributed by atoms with E-state index < -0.39 is 0 Å². The highest BCUT2D eigenvalue weighted by atomic mass is 16.5. The molecule has 1 amide bonds. The zero-order valence-electron chi connectivity index (χ0n) is 18.5. The van der Waals surface area contributed by atoms with Crippen molar-refractivity contribution >= 4 is 39.2 Å². The van der Waals surface area contributed by atoms with E-state index in [0.29, 0.717) is 34.7 Å². The van der Waals surface area contributed by atoms with Crippen LogP contribution in [0.1, 0.15) is 28.9 Å². The van der Waals surface area contributed by atoms with Crippen molar-refractivity contribution < 1.29 is 13.9 Å². The minimum absolute atomic E-state index is 0.152. The van der Waals surface area contributed by atoms with Gasteiger partial charge in [0.25, 0.3) is 0 Å². The predicted octanol–water partition coefficient (Wildman–Crippen LogP) is 4.70. The highest BCUT2D eigenvalue weighted by Gasteiger charge is 2.17. The van der Waals surface area contributed by atoms with E-state index in [0.717, 1.165) is 33.3 Å². The third-order valence-corrected chi connectivity index (χ3v) is 5.90. The van der Waals surface area contributed by atoms with Crippen molar-refractivity contribution in [1.29, 1.82) is 5.26 Å². The second-order valence-corrected chi connectivity index (χ2v) is 7.86. The molecule has 0 radical (unpaired) electrons. The van der Waals surface area contributed by atoms with E-state index in [2.05, 4.69) is 21.5 Å².